The number of aryl methyl sites for hydroxylation is 1. The molecule has 1 aromatic rings. The van der Waals surface area contributed by atoms with Gasteiger partial charge in [0.1, 0.15) is 5.71 Å². The minimum atomic E-state index is -0.105. The van der Waals surface area contributed by atoms with Gasteiger partial charge in [-0.2, -0.15) is 4.57 Å². The Balaban J connectivity index is 2.73. The molecule has 0 spiro atoms. The van der Waals surface area contributed by atoms with Gasteiger partial charge in [-0.1, -0.05) is 4.99 Å². The van der Waals surface area contributed by atoms with Gasteiger partial charge >= 0.3 is 11.5 Å². The highest BCUT2D eigenvalue weighted by Gasteiger charge is 2.31. The summed E-state index contributed by atoms with van der Waals surface area (Å²) in [6.07, 6.45) is 0. The van der Waals surface area contributed by atoms with Crippen LogP contribution in [-0.4, -0.2) is 10.3 Å². The molecule has 1 aliphatic heterocycles. The summed E-state index contributed by atoms with van der Waals surface area (Å²) in [5.74, 6) is 0.615. The van der Waals surface area contributed by atoms with Gasteiger partial charge in [0.15, 0.2) is 4.95 Å². The molecule has 13 heavy (non-hydrogen) atoms. The van der Waals surface area contributed by atoms with E-state index < -0.39 is 0 Å². The fourth-order valence-electron chi connectivity index (χ4n) is 1.34. The first-order chi connectivity index (χ1) is 6.09. The van der Waals surface area contributed by atoms with Crippen molar-refractivity contribution in [1.82, 2.24) is 4.57 Å². The van der Waals surface area contributed by atoms with E-state index in [1.54, 1.807) is 10.6 Å². The molecule has 0 fully saturated rings. The molecule has 0 saturated heterocycles. The van der Waals surface area contributed by atoms with Crippen LogP contribution in [0.25, 0.3) is 0 Å². The predicted molar refractivity (Wildman–Crippen MR) is 52.7 cm³/mol. The van der Waals surface area contributed by atoms with Crippen LogP contribution in [0.2, 0.25) is 0 Å². The van der Waals surface area contributed by atoms with E-state index in [-0.39, 0.29) is 10.5 Å². The Kier molecular flexibility index (Phi) is 1.83. The van der Waals surface area contributed by atoms with Crippen molar-refractivity contribution >= 4 is 27.6 Å². The number of aromatic nitrogens is 2. The largest absolute Gasteiger partial charge is 0.400 e. The molecule has 1 atom stereocenters. The van der Waals surface area contributed by atoms with E-state index in [2.05, 4.69) is 25.9 Å². The van der Waals surface area contributed by atoms with Crippen LogP contribution in [0.5, 0.6) is 0 Å². The van der Waals surface area contributed by atoms with Crippen LogP contribution in [0.15, 0.2) is 15.9 Å². The normalized spacial score (nSPS) is 19.9. The van der Waals surface area contributed by atoms with Crippen LogP contribution in [-0.2, 0) is 0 Å². The Morgan fingerprint density at radius 3 is 3.00 bits per heavy atom. The lowest BCUT2D eigenvalue weighted by Crippen LogP contribution is -2.27. The summed E-state index contributed by atoms with van der Waals surface area (Å²) in [7, 11) is 0. The number of aliphatic imine (C=N–C) groups is 1. The average Bonchev–Trinajstić information content (AvgIpc) is 2.27. The fourth-order valence-corrected chi connectivity index (χ4v) is 1.84. The number of alkyl halides is 1. The van der Waals surface area contributed by atoms with Gasteiger partial charge in [-0.3, -0.25) is 4.79 Å². The van der Waals surface area contributed by atoms with Gasteiger partial charge < -0.3 is 0 Å². The van der Waals surface area contributed by atoms with Crippen LogP contribution < -0.4 is 10.5 Å². The zero-order valence-electron chi connectivity index (χ0n) is 7.34. The Bertz CT molecular complexity index is 449. The Labute approximate surface area is 83.5 Å². The molecule has 2 heterocycles. The number of aromatic amines is 1. The van der Waals surface area contributed by atoms with E-state index in [1.807, 2.05) is 13.8 Å². The quantitative estimate of drug-likeness (QED) is 0.626. The third-order valence-electron chi connectivity index (χ3n) is 1.97. The summed E-state index contributed by atoms with van der Waals surface area (Å²) in [6.45, 7) is 3.73. The minimum Gasteiger partial charge on any atom is -0.251 e. The SMILES string of the molecule is CC1=Nc2[nH+]c(C)cc(=O)n2C1Br. The summed E-state index contributed by atoms with van der Waals surface area (Å²) in [4.78, 5) is 18.7. The summed E-state index contributed by atoms with van der Waals surface area (Å²) in [5, 5.41) is 0. The second kappa shape index (κ2) is 2.77. The Morgan fingerprint density at radius 2 is 2.31 bits per heavy atom. The first kappa shape index (κ1) is 8.62. The number of H-pyrrole nitrogens is 1. The van der Waals surface area contributed by atoms with Crippen LogP contribution in [0.3, 0.4) is 0 Å². The predicted octanol–water partition coefficient (Wildman–Crippen LogP) is 0.970. The lowest BCUT2D eigenvalue weighted by Gasteiger charge is -1.99. The lowest BCUT2D eigenvalue weighted by molar-refractivity contribution is -0.378. The van der Waals surface area contributed by atoms with E-state index in [4.69, 9.17) is 0 Å². The maximum Gasteiger partial charge on any atom is 0.400 e. The van der Waals surface area contributed by atoms with Crippen molar-refractivity contribution in [2.24, 2.45) is 4.99 Å². The van der Waals surface area contributed by atoms with Crippen molar-refractivity contribution in [3.8, 4) is 0 Å². The lowest BCUT2D eigenvalue weighted by atomic mass is 10.4. The number of nitrogens with one attached hydrogen (secondary N) is 1. The van der Waals surface area contributed by atoms with E-state index in [1.165, 1.54) is 0 Å². The number of hydrogen-bond donors (Lipinski definition) is 0. The van der Waals surface area contributed by atoms with E-state index in [0.29, 0.717) is 5.95 Å². The molecule has 0 saturated carbocycles. The fraction of sp³-hybridized carbons (Fsp3) is 0.375. The minimum absolute atomic E-state index is 0.0336. The van der Waals surface area contributed by atoms with Gasteiger partial charge in [0.25, 0.3) is 0 Å². The van der Waals surface area contributed by atoms with Crippen LogP contribution >= 0.6 is 15.9 Å². The highest BCUT2D eigenvalue weighted by atomic mass is 79.9. The summed E-state index contributed by atoms with van der Waals surface area (Å²) < 4.78 is 1.59. The van der Waals surface area contributed by atoms with Gasteiger partial charge in [0, 0.05) is 0 Å². The molecule has 4 nitrogen and oxygen atoms in total. The molecular formula is C8H9BrN3O+. The molecule has 0 aromatic carbocycles. The Morgan fingerprint density at radius 1 is 1.62 bits per heavy atom. The van der Waals surface area contributed by atoms with Crippen LogP contribution in [0.1, 0.15) is 17.6 Å². The molecule has 0 bridgehead atoms. The van der Waals surface area contributed by atoms with Gasteiger partial charge in [-0.25, -0.2) is 4.98 Å². The monoisotopic (exact) mass is 242 g/mol. The molecule has 0 radical (unpaired) electrons. The van der Waals surface area contributed by atoms with Crippen molar-refractivity contribution in [3.05, 3.63) is 22.1 Å². The van der Waals surface area contributed by atoms with E-state index >= 15 is 0 Å². The van der Waals surface area contributed by atoms with Gasteiger partial charge in [0.2, 0.25) is 0 Å². The summed E-state index contributed by atoms with van der Waals surface area (Å²) in [5.41, 5.74) is 1.68. The van der Waals surface area contributed by atoms with E-state index in [9.17, 15) is 4.79 Å². The van der Waals surface area contributed by atoms with Gasteiger partial charge in [-0.05, 0) is 29.8 Å². The molecule has 1 N–H and O–H groups in total. The zero-order chi connectivity index (χ0) is 9.59. The molecule has 1 aliphatic rings. The summed E-state index contributed by atoms with van der Waals surface area (Å²) in [6, 6.07) is 1.56. The van der Waals surface area contributed by atoms with Crippen LogP contribution in [0, 0.1) is 6.92 Å². The number of nitrogens with zero attached hydrogens (tertiary/aromatic N) is 2. The van der Waals surface area contributed by atoms with Crippen LogP contribution in [0.4, 0.5) is 5.95 Å². The van der Waals surface area contributed by atoms with Gasteiger partial charge in [-0.15, -0.1) is 0 Å². The summed E-state index contributed by atoms with van der Waals surface area (Å²) >= 11 is 3.39. The molecule has 1 aromatic heterocycles. The number of fused-ring (bicyclic) bond motifs is 1. The van der Waals surface area contributed by atoms with Crippen molar-refractivity contribution in [2.75, 3.05) is 0 Å². The first-order valence-corrected chi connectivity index (χ1v) is 4.86. The van der Waals surface area contributed by atoms with Crippen molar-refractivity contribution in [3.63, 3.8) is 0 Å². The molecule has 1 unspecified atom stereocenters. The second-order valence-corrected chi connectivity index (χ2v) is 3.94. The zero-order valence-corrected chi connectivity index (χ0v) is 8.92. The maximum atomic E-state index is 11.5. The molecule has 5 heteroatoms. The molecule has 2 rings (SSSR count). The molecule has 0 aliphatic carbocycles. The number of halogens is 1. The van der Waals surface area contributed by atoms with E-state index in [0.717, 1.165) is 11.4 Å². The average molecular weight is 243 g/mol. The van der Waals surface area contributed by atoms with Crippen molar-refractivity contribution < 1.29 is 4.98 Å². The smallest absolute Gasteiger partial charge is 0.251 e. The highest BCUT2D eigenvalue weighted by Crippen LogP contribution is 2.26. The topological polar surface area (TPSA) is 48.5 Å². The third-order valence-corrected chi connectivity index (χ3v) is 3.04. The Hall–Kier alpha value is -0.970. The van der Waals surface area contributed by atoms with Crippen molar-refractivity contribution in [2.45, 2.75) is 18.8 Å². The van der Waals surface area contributed by atoms with Crippen molar-refractivity contribution in [1.29, 1.82) is 0 Å². The highest BCUT2D eigenvalue weighted by molar-refractivity contribution is 9.09. The second-order valence-electron chi connectivity index (χ2n) is 3.07. The number of rotatable bonds is 0. The number of hydrogen-bond acceptors (Lipinski definition) is 2. The molecule has 0 amide bonds. The standard InChI is InChI=1S/C8H8BrN3O/c1-4-3-6(13)12-7(9)5(2)11-8(12)10-4/h3,7H,1-2H3/p+1. The maximum absolute atomic E-state index is 11.5. The third kappa shape index (κ3) is 1.23. The first-order valence-electron chi connectivity index (χ1n) is 3.94. The molecular weight excluding hydrogens is 234 g/mol. The molecule has 68 valence electrons. The van der Waals surface area contributed by atoms with Gasteiger partial charge in [0.05, 0.1) is 11.8 Å².